The van der Waals surface area contributed by atoms with Gasteiger partial charge in [0.15, 0.2) is 6.29 Å². The largest absolute Gasteiger partial charge is 0.362 e. The highest BCUT2D eigenvalue weighted by molar-refractivity contribution is 9.10. The van der Waals surface area contributed by atoms with Gasteiger partial charge in [-0.3, -0.25) is 14.4 Å². The Morgan fingerprint density at radius 2 is 1.36 bits per heavy atom. The van der Waals surface area contributed by atoms with Crippen LogP contribution in [0, 0.1) is 11.6 Å². The predicted octanol–water partition coefficient (Wildman–Crippen LogP) is 3.05. The first-order valence-electron chi connectivity index (χ1n) is 6.47. The van der Waals surface area contributed by atoms with Crippen molar-refractivity contribution in [3.8, 4) is 0 Å². The predicted molar refractivity (Wildman–Crippen MR) is 91.2 cm³/mol. The summed E-state index contributed by atoms with van der Waals surface area (Å²) in [6, 6.07) is 7.34. The molecule has 0 aliphatic carbocycles. The molecule has 2 aromatic carbocycles. The lowest BCUT2D eigenvalue weighted by molar-refractivity contribution is -0.104. The Kier molecular flexibility index (Phi) is 8.17. The molecule has 2 rings (SSSR count). The maximum atomic E-state index is 12.8. The van der Waals surface area contributed by atoms with Crippen molar-refractivity contribution in [2.24, 2.45) is 0 Å². The number of carbonyl (C=O) groups is 3. The second kappa shape index (κ2) is 9.62. The number of hydrogen-bond donors (Lipinski definition) is 2. The van der Waals surface area contributed by atoms with E-state index in [4.69, 9.17) is 10.2 Å². The van der Waals surface area contributed by atoms with E-state index in [9.17, 15) is 23.2 Å². The molecule has 0 saturated carbocycles. The van der Waals surface area contributed by atoms with E-state index in [0.717, 1.165) is 12.1 Å². The third-order valence-corrected chi connectivity index (χ3v) is 4.04. The van der Waals surface area contributed by atoms with Crippen LogP contribution < -0.4 is 0 Å². The van der Waals surface area contributed by atoms with Gasteiger partial charge in [0.05, 0.1) is 8.95 Å². The Morgan fingerprint density at radius 3 is 1.76 bits per heavy atom. The Bertz CT molecular complexity index is 809. The quantitative estimate of drug-likeness (QED) is 0.304. The van der Waals surface area contributed by atoms with Gasteiger partial charge in [-0.25, -0.2) is 8.78 Å². The highest BCUT2D eigenvalue weighted by Gasteiger charge is 2.14. The van der Waals surface area contributed by atoms with Crippen LogP contribution in [0.15, 0.2) is 45.3 Å². The Balaban J connectivity index is 0.000000251. The van der Waals surface area contributed by atoms with E-state index < -0.39 is 29.5 Å². The van der Waals surface area contributed by atoms with Crippen LogP contribution in [-0.2, 0) is 4.79 Å². The Morgan fingerprint density at radius 1 is 0.920 bits per heavy atom. The average Bonchev–Trinajstić information content (AvgIpc) is 2.58. The smallest absolute Gasteiger partial charge is 0.225 e. The normalized spacial score (nSPS) is 10.0. The van der Waals surface area contributed by atoms with Gasteiger partial charge in [0, 0.05) is 11.1 Å². The number of aldehydes is 1. The number of aliphatic hydroxyl groups is 2. The number of benzene rings is 2. The highest BCUT2D eigenvalue weighted by atomic mass is 79.9. The SMILES string of the molecule is O=C(c1ccc(Br)c(F)c1)C(O)O.O=CC(=O)c1ccc(Br)c(F)c1. The molecule has 0 bridgehead atoms. The summed E-state index contributed by atoms with van der Waals surface area (Å²) in [5, 5.41) is 17.0. The molecule has 0 amide bonds. The van der Waals surface area contributed by atoms with Crippen molar-refractivity contribution in [3.63, 3.8) is 0 Å². The maximum absolute atomic E-state index is 12.8. The molecule has 0 aromatic heterocycles. The van der Waals surface area contributed by atoms with Crippen LogP contribution >= 0.6 is 31.9 Å². The first-order valence-corrected chi connectivity index (χ1v) is 8.06. The molecule has 0 atom stereocenters. The van der Waals surface area contributed by atoms with Crippen LogP contribution in [0.3, 0.4) is 0 Å². The topological polar surface area (TPSA) is 91.7 Å². The van der Waals surface area contributed by atoms with Crippen LogP contribution in [-0.4, -0.2) is 34.4 Å². The van der Waals surface area contributed by atoms with E-state index in [1.807, 2.05) is 0 Å². The monoisotopic (exact) mass is 478 g/mol. The van der Waals surface area contributed by atoms with E-state index >= 15 is 0 Å². The fourth-order valence-electron chi connectivity index (χ4n) is 1.52. The zero-order valence-electron chi connectivity index (χ0n) is 12.2. The minimum Gasteiger partial charge on any atom is -0.362 e. The fraction of sp³-hybridized carbons (Fsp3) is 0.0625. The van der Waals surface area contributed by atoms with Gasteiger partial charge < -0.3 is 10.2 Å². The zero-order valence-corrected chi connectivity index (χ0v) is 15.4. The maximum Gasteiger partial charge on any atom is 0.225 e. The Labute approximate surface area is 157 Å². The third-order valence-electron chi connectivity index (χ3n) is 2.75. The summed E-state index contributed by atoms with van der Waals surface area (Å²) in [5.74, 6) is -2.82. The minimum atomic E-state index is -2.10. The van der Waals surface area contributed by atoms with E-state index in [1.165, 1.54) is 24.3 Å². The average molecular weight is 480 g/mol. The number of hydrogen-bond acceptors (Lipinski definition) is 5. The lowest BCUT2D eigenvalue weighted by atomic mass is 10.1. The summed E-state index contributed by atoms with van der Waals surface area (Å²) in [5.41, 5.74) is -0.0126. The van der Waals surface area contributed by atoms with Crippen LogP contribution in [0.5, 0.6) is 0 Å². The van der Waals surface area contributed by atoms with Crippen LogP contribution in [0.2, 0.25) is 0 Å². The summed E-state index contributed by atoms with van der Waals surface area (Å²) in [6.07, 6.45) is -1.94. The third kappa shape index (κ3) is 6.20. The van der Waals surface area contributed by atoms with Gasteiger partial charge in [-0.1, -0.05) is 0 Å². The fourth-order valence-corrected chi connectivity index (χ4v) is 2.01. The number of Topliss-reactive ketones (excluding diaryl/α,β-unsaturated/α-hetero) is 2. The summed E-state index contributed by atoms with van der Waals surface area (Å²) in [7, 11) is 0. The molecule has 2 aromatic rings. The zero-order chi connectivity index (χ0) is 19.1. The molecule has 0 unspecified atom stereocenters. The molecule has 0 radical (unpaired) electrons. The lowest BCUT2D eigenvalue weighted by Crippen LogP contribution is -2.19. The number of halogens is 4. The van der Waals surface area contributed by atoms with E-state index in [0.29, 0.717) is 0 Å². The van der Waals surface area contributed by atoms with Gasteiger partial charge in [-0.05, 0) is 68.3 Å². The molecule has 0 fully saturated rings. The van der Waals surface area contributed by atoms with Crippen LogP contribution in [0.4, 0.5) is 8.78 Å². The summed E-state index contributed by atoms with van der Waals surface area (Å²) in [4.78, 5) is 31.7. The van der Waals surface area contributed by atoms with E-state index in [2.05, 4.69) is 31.9 Å². The van der Waals surface area contributed by atoms with Gasteiger partial charge >= 0.3 is 0 Å². The number of carbonyl (C=O) groups excluding carboxylic acids is 3. The minimum absolute atomic E-state index is 0.0608. The summed E-state index contributed by atoms with van der Waals surface area (Å²) >= 11 is 5.83. The van der Waals surface area contributed by atoms with Gasteiger partial charge in [-0.15, -0.1) is 0 Å². The van der Waals surface area contributed by atoms with Crippen molar-refractivity contribution in [1.29, 1.82) is 0 Å². The number of ketones is 2. The molecule has 25 heavy (non-hydrogen) atoms. The second-order valence-electron chi connectivity index (χ2n) is 4.48. The van der Waals surface area contributed by atoms with Gasteiger partial charge in [-0.2, -0.15) is 0 Å². The second-order valence-corrected chi connectivity index (χ2v) is 6.19. The van der Waals surface area contributed by atoms with Crippen molar-refractivity contribution < 1.29 is 33.4 Å². The van der Waals surface area contributed by atoms with Crippen molar-refractivity contribution in [2.45, 2.75) is 6.29 Å². The Hall–Kier alpha value is -1.81. The molecule has 0 spiro atoms. The van der Waals surface area contributed by atoms with E-state index in [-0.39, 0.29) is 26.4 Å². The van der Waals surface area contributed by atoms with E-state index in [1.54, 1.807) is 0 Å². The molecule has 5 nitrogen and oxygen atoms in total. The molecule has 132 valence electrons. The molecule has 0 aliphatic rings. The highest BCUT2D eigenvalue weighted by Crippen LogP contribution is 2.17. The molecule has 0 saturated heterocycles. The van der Waals surface area contributed by atoms with Crippen molar-refractivity contribution in [2.75, 3.05) is 0 Å². The molecular formula is C16H10Br2F2O5. The standard InChI is InChI=1S/C8H6BrFO3.C8H4BrFO2/c9-5-2-1-4(3-6(5)10)7(11)8(12)13;9-6-2-1-5(3-7(6)10)8(12)4-11/h1-3,8,12-13H;1-4H. The van der Waals surface area contributed by atoms with Gasteiger partial charge in [0.25, 0.3) is 0 Å². The first kappa shape index (κ1) is 21.2. The lowest BCUT2D eigenvalue weighted by Gasteiger charge is -2.02. The van der Waals surface area contributed by atoms with Gasteiger partial charge in [0.2, 0.25) is 17.9 Å². The van der Waals surface area contributed by atoms with Crippen molar-refractivity contribution in [1.82, 2.24) is 0 Å². The first-order chi connectivity index (χ1) is 11.7. The van der Waals surface area contributed by atoms with Crippen molar-refractivity contribution in [3.05, 3.63) is 68.1 Å². The summed E-state index contributed by atoms with van der Waals surface area (Å²) in [6.45, 7) is 0. The number of rotatable bonds is 4. The van der Waals surface area contributed by atoms with Gasteiger partial charge in [0.1, 0.15) is 11.6 Å². The summed E-state index contributed by atoms with van der Waals surface area (Å²) < 4.78 is 26.1. The molecular weight excluding hydrogens is 470 g/mol. The molecule has 2 N–H and O–H groups in total. The molecule has 0 heterocycles. The van der Waals surface area contributed by atoms with Crippen LogP contribution in [0.1, 0.15) is 20.7 Å². The molecule has 9 heteroatoms. The number of aliphatic hydroxyl groups excluding tert-OH is 1. The van der Waals surface area contributed by atoms with Crippen LogP contribution in [0.25, 0.3) is 0 Å². The molecule has 0 aliphatic heterocycles. The van der Waals surface area contributed by atoms with Crippen molar-refractivity contribution >= 4 is 49.7 Å².